The minimum Gasteiger partial charge on any atom is -0.338 e. The van der Waals surface area contributed by atoms with E-state index in [2.05, 4.69) is 23.8 Å². The van der Waals surface area contributed by atoms with E-state index in [1.54, 1.807) is 12.4 Å². The van der Waals surface area contributed by atoms with Gasteiger partial charge in [0.05, 0.1) is 11.3 Å². The molecule has 4 rings (SSSR count). The smallest absolute Gasteiger partial charge is 0.255 e. The molecule has 1 atom stereocenters. The van der Waals surface area contributed by atoms with Crippen molar-refractivity contribution < 1.29 is 9.59 Å². The highest BCUT2D eigenvalue weighted by molar-refractivity contribution is 5.97. The van der Waals surface area contributed by atoms with Gasteiger partial charge >= 0.3 is 0 Å². The number of nitrogens with zero attached hydrogens (tertiary/aromatic N) is 3. The maximum absolute atomic E-state index is 13.0. The maximum Gasteiger partial charge on any atom is 0.255 e. The number of amides is 1. The Morgan fingerprint density at radius 2 is 2.00 bits per heavy atom. The molecule has 5 nitrogen and oxygen atoms in total. The van der Waals surface area contributed by atoms with Crippen molar-refractivity contribution in [1.29, 1.82) is 0 Å². The second-order valence-electron chi connectivity index (χ2n) is 8.49. The highest BCUT2D eigenvalue weighted by atomic mass is 16.2. The Bertz CT molecular complexity index is 1050. The summed E-state index contributed by atoms with van der Waals surface area (Å²) in [6.07, 6.45) is 7.60. The summed E-state index contributed by atoms with van der Waals surface area (Å²) >= 11 is 0. The number of aromatic nitrogens is 2. The van der Waals surface area contributed by atoms with E-state index < -0.39 is 0 Å². The van der Waals surface area contributed by atoms with Gasteiger partial charge in [-0.1, -0.05) is 32.0 Å². The number of likely N-dealkylation sites (tertiary alicyclic amines) is 1. The fourth-order valence-electron chi connectivity index (χ4n) is 4.20. The van der Waals surface area contributed by atoms with Gasteiger partial charge < -0.3 is 4.90 Å². The first-order chi connectivity index (χ1) is 14.5. The summed E-state index contributed by atoms with van der Waals surface area (Å²) in [6.45, 7) is 5.33. The molecule has 1 saturated heterocycles. The summed E-state index contributed by atoms with van der Waals surface area (Å²) in [5, 5.41) is 2.14. The van der Waals surface area contributed by atoms with Gasteiger partial charge in [0, 0.05) is 55.0 Å². The lowest BCUT2D eigenvalue weighted by Gasteiger charge is -2.32. The lowest BCUT2D eigenvalue weighted by atomic mass is 9.89. The van der Waals surface area contributed by atoms with Crippen molar-refractivity contribution in [2.24, 2.45) is 11.8 Å². The standard InChI is InChI=1S/C25H27N3O2/c1-17(2)13-24(29)20-6-4-12-28(16-20)25(30)19-8-9-23(27-15-19)22-7-3-5-18-14-26-11-10-21(18)22/h3,5,7-11,14-15,17,20H,4,6,12-13,16H2,1-2H3/t20-/m1/s1. The Balaban J connectivity index is 1.51. The lowest BCUT2D eigenvalue weighted by Crippen LogP contribution is -2.42. The number of carbonyl (C=O) groups is 2. The highest BCUT2D eigenvalue weighted by Gasteiger charge is 2.29. The number of piperidine rings is 1. The van der Waals surface area contributed by atoms with Gasteiger partial charge in [0.2, 0.25) is 0 Å². The number of ketones is 1. The quantitative estimate of drug-likeness (QED) is 0.618. The molecule has 0 N–H and O–H groups in total. The van der Waals surface area contributed by atoms with Crippen LogP contribution < -0.4 is 0 Å². The molecular formula is C25H27N3O2. The van der Waals surface area contributed by atoms with Crippen LogP contribution in [0, 0.1) is 11.8 Å². The predicted octanol–water partition coefficient (Wildman–Crippen LogP) is 4.76. The van der Waals surface area contributed by atoms with Crippen LogP contribution >= 0.6 is 0 Å². The third-order valence-electron chi connectivity index (χ3n) is 5.74. The van der Waals surface area contributed by atoms with E-state index in [0.29, 0.717) is 31.0 Å². The summed E-state index contributed by atoms with van der Waals surface area (Å²) in [7, 11) is 0. The topological polar surface area (TPSA) is 63.2 Å². The number of carbonyl (C=O) groups excluding carboxylic acids is 2. The van der Waals surface area contributed by atoms with Crippen LogP contribution in [0.2, 0.25) is 0 Å². The average molecular weight is 402 g/mol. The van der Waals surface area contributed by atoms with E-state index in [4.69, 9.17) is 0 Å². The Hall–Kier alpha value is -3.08. The molecule has 2 aromatic heterocycles. The van der Waals surface area contributed by atoms with E-state index in [0.717, 1.165) is 34.9 Å². The number of hydrogen-bond acceptors (Lipinski definition) is 4. The van der Waals surface area contributed by atoms with Gasteiger partial charge in [0.15, 0.2) is 0 Å². The molecule has 1 aliphatic heterocycles. The Morgan fingerprint density at radius 1 is 1.13 bits per heavy atom. The van der Waals surface area contributed by atoms with E-state index >= 15 is 0 Å². The third-order valence-corrected chi connectivity index (χ3v) is 5.74. The Labute approximate surface area is 177 Å². The maximum atomic E-state index is 13.0. The summed E-state index contributed by atoms with van der Waals surface area (Å²) < 4.78 is 0. The summed E-state index contributed by atoms with van der Waals surface area (Å²) in [4.78, 5) is 36.0. The van der Waals surface area contributed by atoms with Crippen molar-refractivity contribution in [1.82, 2.24) is 14.9 Å². The fourth-order valence-corrected chi connectivity index (χ4v) is 4.20. The minimum atomic E-state index is -0.0433. The van der Waals surface area contributed by atoms with Crippen molar-refractivity contribution >= 4 is 22.5 Å². The number of hydrogen-bond donors (Lipinski definition) is 0. The van der Waals surface area contributed by atoms with E-state index in [1.807, 2.05) is 47.5 Å². The molecule has 0 radical (unpaired) electrons. The van der Waals surface area contributed by atoms with Crippen molar-refractivity contribution in [3.05, 3.63) is 60.6 Å². The van der Waals surface area contributed by atoms with Crippen LogP contribution in [0.1, 0.15) is 43.5 Å². The van der Waals surface area contributed by atoms with Gasteiger partial charge in [0.1, 0.15) is 5.78 Å². The van der Waals surface area contributed by atoms with Crippen molar-refractivity contribution in [3.8, 4) is 11.3 Å². The van der Waals surface area contributed by atoms with Crippen molar-refractivity contribution in [2.45, 2.75) is 33.1 Å². The van der Waals surface area contributed by atoms with E-state index in [9.17, 15) is 9.59 Å². The third kappa shape index (κ3) is 4.25. The molecule has 0 unspecified atom stereocenters. The zero-order valence-electron chi connectivity index (χ0n) is 17.5. The van der Waals surface area contributed by atoms with E-state index in [1.165, 1.54) is 0 Å². The van der Waals surface area contributed by atoms with Crippen molar-refractivity contribution in [2.75, 3.05) is 13.1 Å². The van der Waals surface area contributed by atoms with Crippen LogP contribution in [0.5, 0.6) is 0 Å². The average Bonchev–Trinajstić information content (AvgIpc) is 2.78. The van der Waals surface area contributed by atoms with Gasteiger partial charge in [-0.05, 0) is 42.3 Å². The molecular weight excluding hydrogens is 374 g/mol. The zero-order chi connectivity index (χ0) is 21.1. The molecule has 3 aromatic rings. The van der Waals surface area contributed by atoms with Gasteiger partial charge in [-0.2, -0.15) is 0 Å². The molecule has 1 amide bonds. The summed E-state index contributed by atoms with van der Waals surface area (Å²) in [5.41, 5.74) is 2.41. The second kappa shape index (κ2) is 8.74. The molecule has 0 bridgehead atoms. The van der Waals surface area contributed by atoms with Gasteiger partial charge in [0.25, 0.3) is 5.91 Å². The van der Waals surface area contributed by atoms with Crippen LogP contribution in [0.25, 0.3) is 22.0 Å². The number of benzene rings is 1. The van der Waals surface area contributed by atoms with Gasteiger partial charge in [-0.15, -0.1) is 0 Å². The molecule has 1 aliphatic rings. The molecule has 3 heterocycles. The van der Waals surface area contributed by atoms with Gasteiger partial charge in [-0.3, -0.25) is 19.6 Å². The molecule has 0 spiro atoms. The number of fused-ring (bicyclic) bond motifs is 1. The van der Waals surface area contributed by atoms with E-state index in [-0.39, 0.29) is 17.6 Å². The molecule has 5 heteroatoms. The van der Waals surface area contributed by atoms with Crippen LogP contribution in [0.4, 0.5) is 0 Å². The first-order valence-electron chi connectivity index (χ1n) is 10.6. The minimum absolute atomic E-state index is 0.0402. The first-order valence-corrected chi connectivity index (χ1v) is 10.6. The number of rotatable bonds is 5. The monoisotopic (exact) mass is 401 g/mol. The first kappa shape index (κ1) is 20.2. The number of pyridine rings is 2. The lowest BCUT2D eigenvalue weighted by molar-refractivity contribution is -0.124. The molecule has 0 aliphatic carbocycles. The normalized spacial score (nSPS) is 16.8. The van der Waals surface area contributed by atoms with Crippen LogP contribution in [0.15, 0.2) is 55.0 Å². The van der Waals surface area contributed by atoms with Crippen molar-refractivity contribution in [3.63, 3.8) is 0 Å². The van der Waals surface area contributed by atoms with Crippen LogP contribution in [-0.4, -0.2) is 39.6 Å². The Morgan fingerprint density at radius 3 is 2.77 bits per heavy atom. The molecule has 30 heavy (non-hydrogen) atoms. The zero-order valence-corrected chi connectivity index (χ0v) is 17.5. The number of Topliss-reactive ketones (excluding diaryl/α,β-unsaturated/α-hetero) is 1. The molecule has 1 fully saturated rings. The highest BCUT2D eigenvalue weighted by Crippen LogP contribution is 2.27. The fraction of sp³-hybridized carbons (Fsp3) is 0.360. The van der Waals surface area contributed by atoms with Crippen LogP contribution in [0.3, 0.4) is 0 Å². The largest absolute Gasteiger partial charge is 0.338 e. The second-order valence-corrected chi connectivity index (χ2v) is 8.49. The van der Waals surface area contributed by atoms with Gasteiger partial charge in [-0.25, -0.2) is 0 Å². The molecule has 1 aromatic carbocycles. The van der Waals surface area contributed by atoms with Crippen LogP contribution in [-0.2, 0) is 4.79 Å². The summed E-state index contributed by atoms with van der Waals surface area (Å²) in [5.74, 6) is 0.548. The summed E-state index contributed by atoms with van der Waals surface area (Å²) in [6, 6.07) is 11.8. The predicted molar refractivity (Wildman–Crippen MR) is 118 cm³/mol. The SMILES string of the molecule is CC(C)CC(=O)[C@@H]1CCCN(C(=O)c2ccc(-c3cccc4cnccc34)nc2)C1. The molecule has 154 valence electrons. The Kier molecular flexibility index (Phi) is 5.88. The molecule has 0 saturated carbocycles.